The highest BCUT2D eigenvalue weighted by atomic mass is 32.2. The van der Waals surface area contributed by atoms with Gasteiger partial charge in [-0.05, 0) is 61.8 Å². The topological polar surface area (TPSA) is 6.48 Å². The first kappa shape index (κ1) is 17.8. The summed E-state index contributed by atoms with van der Waals surface area (Å²) in [5, 5.41) is 0. The zero-order valence-electron chi connectivity index (χ0n) is 14.8. The smallest absolute Gasteiger partial charge is 0.0234 e. The van der Waals surface area contributed by atoms with Crippen molar-refractivity contribution < 1.29 is 0 Å². The molecule has 1 aromatic carbocycles. The second kappa shape index (κ2) is 8.37. The summed E-state index contributed by atoms with van der Waals surface area (Å²) in [6.07, 6.45) is 4.96. The van der Waals surface area contributed by atoms with Gasteiger partial charge in [-0.15, -0.1) is 11.8 Å². The van der Waals surface area contributed by atoms with Crippen molar-refractivity contribution in [3.63, 3.8) is 0 Å². The molecule has 2 aliphatic rings. The zero-order chi connectivity index (χ0) is 16.0. The molecule has 22 heavy (non-hydrogen) atoms. The highest BCUT2D eigenvalue weighted by molar-refractivity contribution is 7.98. The highest BCUT2D eigenvalue weighted by Crippen LogP contribution is 2.41. The van der Waals surface area contributed by atoms with E-state index in [-0.39, 0.29) is 0 Å². The summed E-state index contributed by atoms with van der Waals surface area (Å²) in [5.74, 6) is 0. The maximum atomic E-state index is 2.63. The van der Waals surface area contributed by atoms with Gasteiger partial charge in [-0.1, -0.05) is 32.9 Å². The Kier molecular flexibility index (Phi) is 6.79. The first-order valence-corrected chi connectivity index (χ1v) is 10.0. The Balaban J connectivity index is 0.000000847. The lowest BCUT2D eigenvalue weighted by atomic mass is 9.72. The van der Waals surface area contributed by atoms with E-state index in [2.05, 4.69) is 47.2 Å². The average molecular weight is 321 g/mol. The van der Waals surface area contributed by atoms with Gasteiger partial charge in [0.2, 0.25) is 0 Å². The molecule has 1 spiro atoms. The van der Waals surface area contributed by atoms with E-state index in [1.807, 2.05) is 25.6 Å². The third-order valence-corrected chi connectivity index (χ3v) is 5.75. The summed E-state index contributed by atoms with van der Waals surface area (Å²) < 4.78 is 0. The summed E-state index contributed by atoms with van der Waals surface area (Å²) in [7, 11) is 0. The number of likely N-dealkylation sites (tertiary alicyclic amines) is 2. The zero-order valence-corrected chi connectivity index (χ0v) is 15.6. The molecule has 2 nitrogen and oxygen atoms in total. The van der Waals surface area contributed by atoms with Crippen LogP contribution in [0.2, 0.25) is 0 Å². The maximum Gasteiger partial charge on any atom is 0.0234 e. The van der Waals surface area contributed by atoms with Crippen LogP contribution in [-0.4, -0.2) is 48.8 Å². The summed E-state index contributed by atoms with van der Waals surface area (Å²) in [6, 6.07) is 9.00. The van der Waals surface area contributed by atoms with Gasteiger partial charge in [0, 0.05) is 24.5 Å². The van der Waals surface area contributed by atoms with E-state index >= 15 is 0 Å². The molecule has 0 atom stereocenters. The highest BCUT2D eigenvalue weighted by Gasteiger charge is 2.44. The van der Waals surface area contributed by atoms with Crippen molar-refractivity contribution in [2.45, 2.75) is 45.1 Å². The van der Waals surface area contributed by atoms with Crippen molar-refractivity contribution in [3.8, 4) is 0 Å². The van der Waals surface area contributed by atoms with Gasteiger partial charge in [0.15, 0.2) is 0 Å². The van der Waals surface area contributed by atoms with Gasteiger partial charge in [-0.25, -0.2) is 0 Å². The van der Waals surface area contributed by atoms with Gasteiger partial charge in [0.05, 0.1) is 0 Å². The minimum atomic E-state index is 0.656. The van der Waals surface area contributed by atoms with Crippen molar-refractivity contribution in [3.05, 3.63) is 29.8 Å². The van der Waals surface area contributed by atoms with Crippen LogP contribution in [0.1, 0.15) is 39.2 Å². The van der Waals surface area contributed by atoms with E-state index in [1.165, 1.54) is 56.0 Å². The van der Waals surface area contributed by atoms with Gasteiger partial charge in [-0.3, -0.25) is 4.90 Å². The second-order valence-electron chi connectivity index (χ2n) is 6.43. The molecule has 0 radical (unpaired) electrons. The van der Waals surface area contributed by atoms with Crippen LogP contribution < -0.4 is 0 Å². The molecule has 2 heterocycles. The molecule has 0 N–H and O–H groups in total. The molecule has 3 rings (SSSR count). The minimum Gasteiger partial charge on any atom is -0.304 e. The molecule has 2 fully saturated rings. The molecular weight excluding hydrogens is 288 g/mol. The lowest BCUT2D eigenvalue weighted by molar-refractivity contribution is -0.0502. The molecule has 0 aromatic heterocycles. The molecule has 2 aliphatic heterocycles. The van der Waals surface area contributed by atoms with Gasteiger partial charge < -0.3 is 4.90 Å². The molecular formula is C19H32N2S. The molecule has 0 bridgehead atoms. The van der Waals surface area contributed by atoms with E-state index in [0.717, 1.165) is 6.54 Å². The van der Waals surface area contributed by atoms with E-state index in [0.29, 0.717) is 5.41 Å². The standard InChI is InChI=1S/C17H26N2S.C2H6/c1-3-18-9-7-17(8-10-18)13-19(14-17)12-15-5-4-6-16(11-15)20-2;1-2/h4-6,11H,3,7-10,12-14H2,1-2H3;1-2H3. The SMILES string of the molecule is CC.CCN1CCC2(CC1)CN(Cc1cccc(SC)c1)C2. The third kappa shape index (κ3) is 4.27. The molecule has 0 aliphatic carbocycles. The quantitative estimate of drug-likeness (QED) is 0.761. The monoisotopic (exact) mass is 320 g/mol. The van der Waals surface area contributed by atoms with E-state index in [1.54, 1.807) is 0 Å². The first-order chi connectivity index (χ1) is 10.7. The van der Waals surface area contributed by atoms with Crippen LogP contribution in [-0.2, 0) is 6.54 Å². The average Bonchev–Trinajstić information content (AvgIpc) is 2.56. The van der Waals surface area contributed by atoms with Gasteiger partial charge in [0.1, 0.15) is 0 Å². The van der Waals surface area contributed by atoms with Crippen molar-refractivity contribution >= 4 is 11.8 Å². The Hall–Kier alpha value is -0.510. The maximum absolute atomic E-state index is 2.63. The molecule has 0 saturated carbocycles. The lowest BCUT2D eigenvalue weighted by Gasteiger charge is -2.54. The van der Waals surface area contributed by atoms with Crippen molar-refractivity contribution in [1.29, 1.82) is 0 Å². The van der Waals surface area contributed by atoms with Crippen LogP contribution in [0.15, 0.2) is 29.2 Å². The Bertz CT molecular complexity index is 445. The van der Waals surface area contributed by atoms with Crippen LogP contribution in [0.4, 0.5) is 0 Å². The summed E-state index contributed by atoms with van der Waals surface area (Å²) >= 11 is 1.84. The van der Waals surface area contributed by atoms with Gasteiger partial charge in [0.25, 0.3) is 0 Å². The fourth-order valence-electron chi connectivity index (χ4n) is 3.70. The Morgan fingerprint density at radius 3 is 2.36 bits per heavy atom. The Morgan fingerprint density at radius 2 is 1.77 bits per heavy atom. The lowest BCUT2D eigenvalue weighted by Crippen LogP contribution is -2.59. The minimum absolute atomic E-state index is 0.656. The Morgan fingerprint density at radius 1 is 1.09 bits per heavy atom. The van der Waals surface area contributed by atoms with Gasteiger partial charge in [-0.2, -0.15) is 0 Å². The number of hydrogen-bond donors (Lipinski definition) is 0. The fraction of sp³-hybridized carbons (Fsp3) is 0.684. The molecule has 0 amide bonds. The number of thioether (sulfide) groups is 1. The van der Waals surface area contributed by atoms with Crippen LogP contribution >= 0.6 is 11.8 Å². The van der Waals surface area contributed by atoms with Crippen LogP contribution in [0.3, 0.4) is 0 Å². The number of nitrogens with zero attached hydrogens (tertiary/aromatic N) is 2. The van der Waals surface area contributed by atoms with Crippen molar-refractivity contribution in [1.82, 2.24) is 9.80 Å². The number of rotatable bonds is 4. The van der Waals surface area contributed by atoms with E-state index < -0.39 is 0 Å². The van der Waals surface area contributed by atoms with Crippen molar-refractivity contribution in [2.24, 2.45) is 5.41 Å². The predicted octanol–water partition coefficient (Wildman–Crippen LogP) is 4.35. The van der Waals surface area contributed by atoms with Crippen molar-refractivity contribution in [2.75, 3.05) is 39.0 Å². The molecule has 2 saturated heterocycles. The number of piperidine rings is 1. The summed E-state index contributed by atoms with van der Waals surface area (Å²) in [6.45, 7) is 13.9. The second-order valence-corrected chi connectivity index (χ2v) is 7.31. The normalized spacial score (nSPS) is 21.1. The summed E-state index contributed by atoms with van der Waals surface area (Å²) in [5.41, 5.74) is 2.13. The molecule has 3 heteroatoms. The largest absolute Gasteiger partial charge is 0.304 e. The summed E-state index contributed by atoms with van der Waals surface area (Å²) in [4.78, 5) is 6.60. The number of hydrogen-bond acceptors (Lipinski definition) is 3. The van der Waals surface area contributed by atoms with Crippen LogP contribution in [0.25, 0.3) is 0 Å². The molecule has 124 valence electrons. The molecule has 1 aromatic rings. The first-order valence-electron chi connectivity index (χ1n) is 8.81. The number of benzene rings is 1. The van der Waals surface area contributed by atoms with Crippen LogP contribution in [0, 0.1) is 5.41 Å². The van der Waals surface area contributed by atoms with E-state index in [4.69, 9.17) is 0 Å². The fourth-order valence-corrected chi connectivity index (χ4v) is 4.19. The van der Waals surface area contributed by atoms with E-state index in [9.17, 15) is 0 Å². The van der Waals surface area contributed by atoms with Gasteiger partial charge >= 0.3 is 0 Å². The molecule has 0 unspecified atom stereocenters. The van der Waals surface area contributed by atoms with Crippen LogP contribution in [0.5, 0.6) is 0 Å². The Labute approximate surface area is 141 Å². The predicted molar refractivity (Wildman–Crippen MR) is 98.6 cm³/mol. The third-order valence-electron chi connectivity index (χ3n) is 5.02.